The lowest BCUT2D eigenvalue weighted by atomic mass is 10.2. The summed E-state index contributed by atoms with van der Waals surface area (Å²) in [5, 5.41) is 0. The molecule has 0 saturated carbocycles. The van der Waals surface area contributed by atoms with Gasteiger partial charge >= 0.3 is 6.01 Å². The van der Waals surface area contributed by atoms with E-state index in [4.69, 9.17) is 10.6 Å². The molecule has 1 aromatic carbocycles. The number of nitrogens with two attached hydrogens (primary N) is 1. The molecule has 0 atom stereocenters. The number of nitrogens with zero attached hydrogens (tertiary/aromatic N) is 4. The minimum absolute atomic E-state index is 0.212. The molecule has 0 fully saturated rings. The summed E-state index contributed by atoms with van der Waals surface area (Å²) in [4.78, 5) is 14.7. The molecule has 0 radical (unpaired) electrons. The van der Waals surface area contributed by atoms with Gasteiger partial charge < -0.3 is 9.64 Å². The summed E-state index contributed by atoms with van der Waals surface area (Å²) in [5.41, 5.74) is 3.60. The minimum Gasteiger partial charge on any atom is -0.424 e. The normalized spacial score (nSPS) is 10.3. The molecule has 7 heteroatoms. The number of aryl methyl sites for hydroxylation is 1. The highest BCUT2D eigenvalue weighted by Gasteiger charge is 2.12. The van der Waals surface area contributed by atoms with Gasteiger partial charge in [0.05, 0.1) is 0 Å². The van der Waals surface area contributed by atoms with E-state index in [0.717, 1.165) is 18.7 Å². The molecule has 0 aliphatic rings. The van der Waals surface area contributed by atoms with Crippen LogP contribution < -0.4 is 20.9 Å². The van der Waals surface area contributed by atoms with Crippen LogP contribution in [-0.4, -0.2) is 28.0 Å². The van der Waals surface area contributed by atoms with E-state index >= 15 is 0 Å². The molecule has 2 aromatic rings. The summed E-state index contributed by atoms with van der Waals surface area (Å²) in [6.07, 6.45) is 0. The molecule has 0 spiro atoms. The van der Waals surface area contributed by atoms with Crippen molar-refractivity contribution in [1.29, 1.82) is 0 Å². The average molecular weight is 288 g/mol. The SMILES string of the molecule is CCN(CC)c1nc(NN)nc(Oc2ccc(C)cc2)n1. The highest BCUT2D eigenvalue weighted by molar-refractivity contribution is 5.38. The molecular formula is C14H20N6O. The van der Waals surface area contributed by atoms with Gasteiger partial charge in [-0.2, -0.15) is 15.0 Å². The molecule has 0 unspecified atom stereocenters. The summed E-state index contributed by atoms with van der Waals surface area (Å²) in [6, 6.07) is 7.87. The van der Waals surface area contributed by atoms with Crippen LogP contribution in [0.1, 0.15) is 19.4 Å². The van der Waals surface area contributed by atoms with Crippen molar-refractivity contribution in [1.82, 2.24) is 15.0 Å². The van der Waals surface area contributed by atoms with Gasteiger partial charge in [0, 0.05) is 13.1 Å². The molecule has 3 N–H and O–H groups in total. The molecule has 2 rings (SSSR count). The lowest BCUT2D eigenvalue weighted by Crippen LogP contribution is -2.25. The second-order valence-electron chi connectivity index (χ2n) is 4.47. The molecule has 0 bridgehead atoms. The third-order valence-electron chi connectivity index (χ3n) is 3.01. The second-order valence-corrected chi connectivity index (χ2v) is 4.47. The van der Waals surface area contributed by atoms with E-state index in [1.165, 1.54) is 0 Å². The molecule has 7 nitrogen and oxygen atoms in total. The number of hydrazine groups is 1. The van der Waals surface area contributed by atoms with Crippen molar-refractivity contribution in [2.45, 2.75) is 20.8 Å². The summed E-state index contributed by atoms with van der Waals surface area (Å²) >= 11 is 0. The van der Waals surface area contributed by atoms with Crippen LogP contribution in [0.3, 0.4) is 0 Å². The Morgan fingerprint density at radius 2 is 1.76 bits per heavy atom. The van der Waals surface area contributed by atoms with Crippen molar-refractivity contribution in [3.05, 3.63) is 29.8 Å². The Balaban J connectivity index is 2.29. The van der Waals surface area contributed by atoms with Gasteiger partial charge in [0.15, 0.2) is 0 Å². The summed E-state index contributed by atoms with van der Waals surface area (Å²) < 4.78 is 5.67. The van der Waals surface area contributed by atoms with Gasteiger partial charge in [-0.3, -0.25) is 5.43 Å². The van der Waals surface area contributed by atoms with E-state index in [1.54, 1.807) is 0 Å². The third kappa shape index (κ3) is 3.79. The fourth-order valence-corrected chi connectivity index (χ4v) is 1.82. The average Bonchev–Trinajstić information content (AvgIpc) is 2.50. The first-order valence-corrected chi connectivity index (χ1v) is 6.88. The van der Waals surface area contributed by atoms with E-state index in [-0.39, 0.29) is 12.0 Å². The van der Waals surface area contributed by atoms with Gasteiger partial charge in [-0.1, -0.05) is 17.7 Å². The number of nitrogen functional groups attached to an aromatic ring is 1. The van der Waals surface area contributed by atoms with E-state index in [0.29, 0.717) is 11.7 Å². The first-order chi connectivity index (χ1) is 10.2. The predicted octanol–water partition coefficient (Wildman–Crippen LogP) is 2.10. The quantitative estimate of drug-likeness (QED) is 0.621. The van der Waals surface area contributed by atoms with E-state index in [1.807, 2.05) is 49.9 Å². The van der Waals surface area contributed by atoms with Gasteiger partial charge in [0.2, 0.25) is 11.9 Å². The van der Waals surface area contributed by atoms with Crippen molar-refractivity contribution in [3.63, 3.8) is 0 Å². The molecular weight excluding hydrogens is 268 g/mol. The Labute approximate surface area is 124 Å². The Hall–Kier alpha value is -2.41. The maximum absolute atomic E-state index is 5.67. The molecule has 0 amide bonds. The van der Waals surface area contributed by atoms with E-state index in [2.05, 4.69) is 20.4 Å². The largest absolute Gasteiger partial charge is 0.424 e. The Morgan fingerprint density at radius 3 is 2.33 bits per heavy atom. The summed E-state index contributed by atoms with van der Waals surface area (Å²) in [7, 11) is 0. The second kappa shape index (κ2) is 6.85. The topological polar surface area (TPSA) is 89.2 Å². The number of rotatable bonds is 6. The van der Waals surface area contributed by atoms with Crippen molar-refractivity contribution in [3.8, 4) is 11.8 Å². The first kappa shape index (κ1) is 15.0. The van der Waals surface area contributed by atoms with Gasteiger partial charge in [0.1, 0.15) is 5.75 Å². The minimum atomic E-state index is 0.212. The van der Waals surface area contributed by atoms with Crippen LogP contribution in [0.25, 0.3) is 0 Å². The van der Waals surface area contributed by atoms with Gasteiger partial charge in [-0.25, -0.2) is 5.84 Å². The van der Waals surface area contributed by atoms with E-state index < -0.39 is 0 Å². The molecule has 1 heterocycles. The highest BCUT2D eigenvalue weighted by atomic mass is 16.5. The highest BCUT2D eigenvalue weighted by Crippen LogP contribution is 2.21. The molecule has 0 aliphatic heterocycles. The predicted molar refractivity (Wildman–Crippen MR) is 82.5 cm³/mol. The van der Waals surface area contributed by atoms with Crippen LogP contribution in [0.4, 0.5) is 11.9 Å². The van der Waals surface area contributed by atoms with Crippen molar-refractivity contribution in [2.75, 3.05) is 23.4 Å². The maximum Gasteiger partial charge on any atom is 0.328 e. The van der Waals surface area contributed by atoms with Crippen molar-refractivity contribution >= 4 is 11.9 Å². The first-order valence-electron chi connectivity index (χ1n) is 6.88. The van der Waals surface area contributed by atoms with Gasteiger partial charge in [-0.05, 0) is 32.9 Å². The Bertz CT molecular complexity index is 583. The smallest absolute Gasteiger partial charge is 0.328 e. The fraction of sp³-hybridized carbons (Fsp3) is 0.357. The zero-order valence-electron chi connectivity index (χ0n) is 12.5. The number of nitrogens with one attached hydrogen (secondary N) is 1. The number of hydrogen-bond acceptors (Lipinski definition) is 7. The van der Waals surface area contributed by atoms with Crippen LogP contribution >= 0.6 is 0 Å². The zero-order chi connectivity index (χ0) is 15.2. The van der Waals surface area contributed by atoms with Crippen molar-refractivity contribution in [2.24, 2.45) is 5.84 Å². The summed E-state index contributed by atoms with van der Waals surface area (Å²) in [6.45, 7) is 7.65. The number of anilines is 2. The van der Waals surface area contributed by atoms with E-state index in [9.17, 15) is 0 Å². The molecule has 112 valence electrons. The van der Waals surface area contributed by atoms with Gasteiger partial charge in [0.25, 0.3) is 0 Å². The number of benzene rings is 1. The summed E-state index contributed by atoms with van der Waals surface area (Å²) in [5.74, 6) is 6.88. The molecule has 21 heavy (non-hydrogen) atoms. The zero-order valence-corrected chi connectivity index (χ0v) is 12.5. The Morgan fingerprint density at radius 1 is 1.10 bits per heavy atom. The van der Waals surface area contributed by atoms with Crippen molar-refractivity contribution < 1.29 is 4.74 Å². The Kier molecular flexibility index (Phi) is 4.89. The standard InChI is InChI=1S/C14H20N6O/c1-4-20(5-2)13-16-12(19-15)17-14(18-13)21-11-8-6-10(3)7-9-11/h6-9H,4-5,15H2,1-3H3,(H,16,17,18,19). The molecule has 0 saturated heterocycles. The number of ether oxygens (including phenoxy) is 1. The van der Waals surface area contributed by atoms with Crippen LogP contribution in [0.15, 0.2) is 24.3 Å². The molecule has 0 aliphatic carbocycles. The third-order valence-corrected chi connectivity index (χ3v) is 3.01. The molecule has 1 aromatic heterocycles. The van der Waals surface area contributed by atoms with Crippen LogP contribution in [0, 0.1) is 6.92 Å². The fourth-order valence-electron chi connectivity index (χ4n) is 1.82. The lowest BCUT2D eigenvalue weighted by molar-refractivity contribution is 0.440. The van der Waals surface area contributed by atoms with Crippen LogP contribution in [-0.2, 0) is 0 Å². The van der Waals surface area contributed by atoms with Crippen LogP contribution in [0.5, 0.6) is 11.8 Å². The number of hydrogen-bond donors (Lipinski definition) is 2. The van der Waals surface area contributed by atoms with Gasteiger partial charge in [-0.15, -0.1) is 0 Å². The number of aromatic nitrogens is 3. The lowest BCUT2D eigenvalue weighted by Gasteiger charge is -2.19. The maximum atomic E-state index is 5.67. The monoisotopic (exact) mass is 288 g/mol. The van der Waals surface area contributed by atoms with Crippen LogP contribution in [0.2, 0.25) is 0 Å².